The first kappa shape index (κ1) is 25.7. The van der Waals surface area contributed by atoms with Crippen LogP contribution in [0.4, 0.5) is 17.1 Å². The molecule has 3 aromatic rings. The number of fused-ring (bicyclic) bond motifs is 4. The number of benzene rings is 3. The highest BCUT2D eigenvalue weighted by Crippen LogP contribution is 2.55. The second-order valence-corrected chi connectivity index (χ2v) is 12.0. The number of carboxylic acid groups (broad SMARTS) is 1. The third-order valence-corrected chi connectivity index (χ3v) is 10.1. The van der Waals surface area contributed by atoms with Crippen LogP contribution >= 0.6 is 23.4 Å². The Morgan fingerprint density at radius 3 is 2.67 bits per heavy atom. The van der Waals surface area contributed by atoms with E-state index in [2.05, 4.69) is 5.32 Å². The van der Waals surface area contributed by atoms with Crippen LogP contribution < -0.4 is 10.2 Å². The molecule has 6 rings (SSSR count). The summed E-state index contributed by atoms with van der Waals surface area (Å²) < 4.78 is 0. The van der Waals surface area contributed by atoms with E-state index in [0.717, 1.165) is 29.7 Å². The molecule has 0 saturated heterocycles. The molecule has 0 aromatic heterocycles. The standard InChI is InChI=1S/C29H26ClN3O5S/c30-26-24(39-23-10-4-3-9-22(23)33(37)38)15-19-25(26)18-14-17(11-12-20(18)31-27(19)29(35)36)28(34)32-13-5-7-16-6-1-2-8-21(16)32/h1-4,6,8-12,14,19,24-27,31H,5,7,13,15H2,(H,35,36). The molecule has 1 saturated carbocycles. The number of rotatable bonds is 5. The van der Waals surface area contributed by atoms with Crippen LogP contribution in [0, 0.1) is 16.0 Å². The molecule has 2 heterocycles. The number of nitro benzene ring substituents is 1. The number of anilines is 2. The molecule has 0 bridgehead atoms. The monoisotopic (exact) mass is 563 g/mol. The van der Waals surface area contributed by atoms with Crippen LogP contribution in [0.2, 0.25) is 0 Å². The number of thioether (sulfide) groups is 1. The molecule has 8 nitrogen and oxygen atoms in total. The lowest BCUT2D eigenvalue weighted by atomic mass is 9.79. The Bertz CT molecular complexity index is 1480. The lowest BCUT2D eigenvalue weighted by molar-refractivity contribution is -0.387. The minimum absolute atomic E-state index is 0.00393. The van der Waals surface area contributed by atoms with E-state index in [4.69, 9.17) is 11.6 Å². The molecule has 10 heteroatoms. The average molecular weight is 564 g/mol. The van der Waals surface area contributed by atoms with E-state index in [1.807, 2.05) is 35.2 Å². The van der Waals surface area contributed by atoms with Gasteiger partial charge < -0.3 is 15.3 Å². The van der Waals surface area contributed by atoms with E-state index in [9.17, 15) is 24.8 Å². The third kappa shape index (κ3) is 4.53. The summed E-state index contributed by atoms with van der Waals surface area (Å²) in [5.74, 6) is -1.73. The van der Waals surface area contributed by atoms with E-state index in [1.165, 1.54) is 17.8 Å². The van der Waals surface area contributed by atoms with Crippen molar-refractivity contribution in [1.82, 2.24) is 0 Å². The Hall–Kier alpha value is -3.56. The van der Waals surface area contributed by atoms with Gasteiger partial charge in [0.2, 0.25) is 0 Å². The predicted octanol–water partition coefficient (Wildman–Crippen LogP) is 5.94. The van der Waals surface area contributed by atoms with Crippen LogP contribution in [0.25, 0.3) is 0 Å². The SMILES string of the molecule is O=C(O)C1Nc2ccc(C(=O)N3CCCc4ccccc43)cc2C2C(Cl)C(Sc3ccccc3[N+](=O)[O-])CC12. The van der Waals surface area contributed by atoms with Gasteiger partial charge in [0.25, 0.3) is 11.6 Å². The molecule has 2 aliphatic heterocycles. The van der Waals surface area contributed by atoms with Gasteiger partial charge in [0.05, 0.1) is 15.2 Å². The van der Waals surface area contributed by atoms with E-state index < -0.39 is 22.3 Å². The number of carbonyl (C=O) groups is 2. The Labute approximate surface area is 234 Å². The second kappa shape index (κ2) is 10.2. The number of para-hydroxylation sites is 2. The molecule has 2 N–H and O–H groups in total. The molecule has 39 heavy (non-hydrogen) atoms. The van der Waals surface area contributed by atoms with E-state index in [-0.39, 0.29) is 28.7 Å². The number of amides is 1. The normalized spacial score (nSPS) is 25.2. The number of hydrogen-bond acceptors (Lipinski definition) is 6. The average Bonchev–Trinajstić information content (AvgIpc) is 3.27. The van der Waals surface area contributed by atoms with Crippen LogP contribution in [0.5, 0.6) is 0 Å². The van der Waals surface area contributed by atoms with Gasteiger partial charge in [-0.1, -0.05) is 30.3 Å². The summed E-state index contributed by atoms with van der Waals surface area (Å²) in [6.07, 6.45) is 2.28. The van der Waals surface area contributed by atoms with Gasteiger partial charge in [0.15, 0.2) is 0 Å². The highest BCUT2D eigenvalue weighted by atomic mass is 35.5. The first-order valence-electron chi connectivity index (χ1n) is 12.9. The minimum Gasteiger partial charge on any atom is -0.480 e. The number of alkyl halides is 1. The Balaban J connectivity index is 1.34. The highest BCUT2D eigenvalue weighted by Gasteiger charge is 2.52. The van der Waals surface area contributed by atoms with Gasteiger partial charge in [-0.3, -0.25) is 14.9 Å². The maximum absolute atomic E-state index is 13.7. The van der Waals surface area contributed by atoms with Gasteiger partial charge >= 0.3 is 5.97 Å². The van der Waals surface area contributed by atoms with Gasteiger partial charge in [-0.25, -0.2) is 4.79 Å². The second-order valence-electron chi connectivity index (χ2n) is 10.2. The van der Waals surface area contributed by atoms with Gasteiger partial charge in [-0.15, -0.1) is 23.4 Å². The zero-order valence-corrected chi connectivity index (χ0v) is 22.4. The molecular weight excluding hydrogens is 538 g/mol. The first-order valence-corrected chi connectivity index (χ1v) is 14.2. The summed E-state index contributed by atoms with van der Waals surface area (Å²) in [5, 5.41) is 24.0. The number of aryl methyl sites for hydroxylation is 1. The van der Waals surface area contributed by atoms with E-state index >= 15 is 0 Å². The Morgan fingerprint density at radius 1 is 1.10 bits per heavy atom. The highest BCUT2D eigenvalue weighted by molar-refractivity contribution is 8.00. The molecule has 5 atom stereocenters. The number of nitrogens with zero attached hydrogens (tertiary/aromatic N) is 2. The largest absolute Gasteiger partial charge is 0.480 e. The van der Waals surface area contributed by atoms with Crippen molar-refractivity contribution in [2.75, 3.05) is 16.8 Å². The van der Waals surface area contributed by atoms with Crippen molar-refractivity contribution in [3.8, 4) is 0 Å². The molecule has 1 amide bonds. The number of hydrogen-bond donors (Lipinski definition) is 2. The van der Waals surface area contributed by atoms with Crippen LogP contribution in [0.15, 0.2) is 71.6 Å². The van der Waals surface area contributed by atoms with E-state index in [1.54, 1.807) is 30.3 Å². The summed E-state index contributed by atoms with van der Waals surface area (Å²) in [7, 11) is 0. The number of carbonyl (C=O) groups excluding carboxylic acids is 1. The molecular formula is C29H26ClN3O5S. The smallest absolute Gasteiger partial charge is 0.326 e. The van der Waals surface area contributed by atoms with Crippen LogP contribution in [-0.4, -0.2) is 45.1 Å². The van der Waals surface area contributed by atoms with Crippen molar-refractivity contribution in [1.29, 1.82) is 0 Å². The number of carboxylic acids is 1. The number of nitrogens with one attached hydrogen (secondary N) is 1. The van der Waals surface area contributed by atoms with Gasteiger partial charge in [-0.05, 0) is 66.6 Å². The van der Waals surface area contributed by atoms with Crippen LogP contribution in [0.1, 0.15) is 40.2 Å². The van der Waals surface area contributed by atoms with Crippen LogP contribution in [-0.2, 0) is 11.2 Å². The number of aliphatic carboxylic acids is 1. The maximum Gasteiger partial charge on any atom is 0.326 e. The van der Waals surface area contributed by atoms with Crippen LogP contribution in [0.3, 0.4) is 0 Å². The number of nitro groups is 1. The molecule has 3 aliphatic rings. The molecule has 200 valence electrons. The lowest BCUT2D eigenvalue weighted by Gasteiger charge is -2.36. The molecule has 0 radical (unpaired) electrons. The third-order valence-electron chi connectivity index (χ3n) is 8.02. The van der Waals surface area contributed by atoms with Crippen molar-refractivity contribution in [3.63, 3.8) is 0 Å². The zero-order chi connectivity index (χ0) is 27.3. The fourth-order valence-electron chi connectivity index (χ4n) is 6.26. The Morgan fingerprint density at radius 2 is 1.87 bits per heavy atom. The summed E-state index contributed by atoms with van der Waals surface area (Å²) in [5.41, 5.74) is 4.07. The van der Waals surface area contributed by atoms with Crippen molar-refractivity contribution < 1.29 is 19.6 Å². The van der Waals surface area contributed by atoms with Crippen molar-refractivity contribution >= 4 is 52.3 Å². The summed E-state index contributed by atoms with van der Waals surface area (Å²) >= 11 is 8.40. The fourth-order valence-corrected chi connectivity index (χ4v) is 8.21. The van der Waals surface area contributed by atoms with Crippen molar-refractivity contribution in [2.24, 2.45) is 5.92 Å². The van der Waals surface area contributed by atoms with Crippen molar-refractivity contribution in [2.45, 2.75) is 46.7 Å². The quantitative estimate of drug-likeness (QED) is 0.224. The topological polar surface area (TPSA) is 113 Å². The minimum atomic E-state index is -0.971. The molecule has 3 aromatic carbocycles. The van der Waals surface area contributed by atoms with E-state index in [0.29, 0.717) is 29.1 Å². The Kier molecular flexibility index (Phi) is 6.72. The number of halogens is 1. The molecule has 1 fully saturated rings. The molecule has 5 unspecified atom stereocenters. The summed E-state index contributed by atoms with van der Waals surface area (Å²) in [6, 6.07) is 19.0. The van der Waals surface area contributed by atoms with Gasteiger partial charge in [-0.2, -0.15) is 0 Å². The van der Waals surface area contributed by atoms with Gasteiger partial charge in [0, 0.05) is 40.7 Å². The predicted molar refractivity (Wildman–Crippen MR) is 151 cm³/mol. The fraction of sp³-hybridized carbons (Fsp3) is 0.310. The molecule has 0 spiro atoms. The van der Waals surface area contributed by atoms with Crippen molar-refractivity contribution in [3.05, 3.63) is 93.5 Å². The summed E-state index contributed by atoms with van der Waals surface area (Å²) in [4.78, 5) is 39.4. The lowest BCUT2D eigenvalue weighted by Crippen LogP contribution is -2.43. The zero-order valence-electron chi connectivity index (χ0n) is 20.8. The first-order chi connectivity index (χ1) is 18.8. The molecule has 1 aliphatic carbocycles. The van der Waals surface area contributed by atoms with Gasteiger partial charge in [0.1, 0.15) is 6.04 Å². The maximum atomic E-state index is 13.7. The summed E-state index contributed by atoms with van der Waals surface area (Å²) in [6.45, 7) is 0.630.